The van der Waals surface area contributed by atoms with Crippen molar-refractivity contribution in [2.75, 3.05) is 31.1 Å². The molecule has 2 aliphatic rings. The fourth-order valence-electron chi connectivity index (χ4n) is 3.31. The third-order valence-corrected chi connectivity index (χ3v) is 4.73. The van der Waals surface area contributed by atoms with Gasteiger partial charge in [0.05, 0.1) is 10.7 Å². The number of anilines is 1. The summed E-state index contributed by atoms with van der Waals surface area (Å²) in [6.07, 6.45) is 4.06. The Labute approximate surface area is 120 Å². The molecule has 19 heavy (non-hydrogen) atoms. The Kier molecular flexibility index (Phi) is 3.96. The molecule has 104 valence electrons. The second-order valence-corrected chi connectivity index (χ2v) is 6.03. The summed E-state index contributed by atoms with van der Waals surface area (Å²) in [4.78, 5) is 5.08. The van der Waals surface area contributed by atoms with E-state index in [4.69, 9.17) is 17.3 Å². The molecule has 2 heterocycles. The highest BCUT2D eigenvalue weighted by Gasteiger charge is 2.29. The molecule has 2 fully saturated rings. The molecule has 1 aromatic carbocycles. The van der Waals surface area contributed by atoms with Crippen LogP contribution in [0, 0.1) is 0 Å². The van der Waals surface area contributed by atoms with Crippen LogP contribution in [0.2, 0.25) is 5.02 Å². The van der Waals surface area contributed by atoms with E-state index in [1.54, 1.807) is 0 Å². The molecule has 1 unspecified atom stereocenters. The number of rotatable bonds is 2. The van der Waals surface area contributed by atoms with Crippen molar-refractivity contribution in [3.8, 4) is 0 Å². The van der Waals surface area contributed by atoms with E-state index in [1.807, 2.05) is 6.07 Å². The molecule has 2 saturated heterocycles. The van der Waals surface area contributed by atoms with E-state index < -0.39 is 0 Å². The quantitative estimate of drug-likeness (QED) is 0.903. The van der Waals surface area contributed by atoms with Crippen LogP contribution in [-0.4, -0.2) is 37.1 Å². The Morgan fingerprint density at radius 2 is 2.11 bits per heavy atom. The lowest BCUT2D eigenvalue weighted by Crippen LogP contribution is -2.55. The number of benzene rings is 1. The molecule has 3 nitrogen and oxygen atoms in total. The summed E-state index contributed by atoms with van der Waals surface area (Å²) in [6.45, 7) is 5.19. The van der Waals surface area contributed by atoms with Crippen LogP contribution in [0.5, 0.6) is 0 Å². The Balaban J connectivity index is 1.75. The van der Waals surface area contributed by atoms with Gasteiger partial charge in [0.15, 0.2) is 0 Å². The predicted octanol–water partition coefficient (Wildman–Crippen LogP) is 2.47. The van der Waals surface area contributed by atoms with Crippen LogP contribution in [0.1, 0.15) is 24.8 Å². The molecule has 1 aromatic rings. The third kappa shape index (κ3) is 2.73. The molecular weight excluding hydrogens is 258 g/mol. The van der Waals surface area contributed by atoms with Crippen LogP contribution in [0.4, 0.5) is 5.69 Å². The zero-order valence-electron chi connectivity index (χ0n) is 11.3. The van der Waals surface area contributed by atoms with Crippen LogP contribution in [-0.2, 0) is 6.54 Å². The molecule has 0 spiro atoms. The molecule has 0 bridgehead atoms. The minimum Gasteiger partial charge on any atom is -0.367 e. The van der Waals surface area contributed by atoms with E-state index >= 15 is 0 Å². The van der Waals surface area contributed by atoms with Crippen molar-refractivity contribution in [3.05, 3.63) is 28.8 Å². The van der Waals surface area contributed by atoms with Gasteiger partial charge in [0.2, 0.25) is 0 Å². The van der Waals surface area contributed by atoms with Crippen LogP contribution in [0.25, 0.3) is 0 Å². The lowest BCUT2D eigenvalue weighted by atomic mass is 9.99. The highest BCUT2D eigenvalue weighted by atomic mass is 35.5. The maximum atomic E-state index is 6.41. The second-order valence-electron chi connectivity index (χ2n) is 5.62. The summed E-state index contributed by atoms with van der Waals surface area (Å²) in [6, 6.07) is 6.94. The van der Waals surface area contributed by atoms with E-state index in [-0.39, 0.29) is 0 Å². The molecule has 3 rings (SSSR count). The molecule has 2 aliphatic heterocycles. The number of fused-ring (bicyclic) bond motifs is 1. The number of hydrogen-bond donors (Lipinski definition) is 1. The first kappa shape index (κ1) is 13.2. The summed E-state index contributed by atoms with van der Waals surface area (Å²) < 4.78 is 0. The number of nitrogens with two attached hydrogens (primary N) is 1. The Morgan fingerprint density at radius 3 is 2.89 bits per heavy atom. The standard InChI is InChI=1S/C15H22ClN3/c16-14-9-12(10-17)4-5-15(14)19-8-7-18-6-2-1-3-13(18)11-19/h4-5,9,13H,1-3,6-8,10-11,17H2. The summed E-state index contributed by atoms with van der Waals surface area (Å²) >= 11 is 6.41. The Bertz CT molecular complexity index is 449. The lowest BCUT2D eigenvalue weighted by molar-refractivity contribution is 0.133. The number of hydrogen-bond acceptors (Lipinski definition) is 3. The van der Waals surface area contributed by atoms with Crippen molar-refractivity contribution in [1.29, 1.82) is 0 Å². The Hall–Kier alpha value is -0.770. The molecular formula is C15H22ClN3. The fraction of sp³-hybridized carbons (Fsp3) is 0.600. The number of nitrogens with zero attached hydrogens (tertiary/aromatic N) is 2. The molecule has 1 atom stereocenters. The van der Waals surface area contributed by atoms with Crippen LogP contribution >= 0.6 is 11.6 Å². The van der Waals surface area contributed by atoms with Crippen molar-refractivity contribution in [2.24, 2.45) is 5.73 Å². The third-order valence-electron chi connectivity index (χ3n) is 4.43. The molecule has 4 heteroatoms. The highest BCUT2D eigenvalue weighted by Crippen LogP contribution is 2.30. The zero-order valence-corrected chi connectivity index (χ0v) is 12.1. The fourth-order valence-corrected chi connectivity index (χ4v) is 3.63. The van der Waals surface area contributed by atoms with Gasteiger partial charge in [-0.1, -0.05) is 24.1 Å². The van der Waals surface area contributed by atoms with E-state index in [0.717, 1.165) is 23.7 Å². The molecule has 0 aromatic heterocycles. The van der Waals surface area contributed by atoms with Crippen molar-refractivity contribution >= 4 is 17.3 Å². The lowest BCUT2D eigenvalue weighted by Gasteiger charge is -2.45. The van der Waals surface area contributed by atoms with Crippen LogP contribution < -0.4 is 10.6 Å². The normalized spacial score (nSPS) is 24.3. The maximum Gasteiger partial charge on any atom is 0.0642 e. The molecule has 0 aliphatic carbocycles. The average molecular weight is 280 g/mol. The van der Waals surface area contributed by atoms with Crippen molar-refractivity contribution in [3.63, 3.8) is 0 Å². The smallest absolute Gasteiger partial charge is 0.0642 e. The molecule has 0 amide bonds. The van der Waals surface area contributed by atoms with Gasteiger partial charge in [-0.25, -0.2) is 0 Å². The van der Waals surface area contributed by atoms with Gasteiger partial charge in [-0.05, 0) is 37.1 Å². The minimum absolute atomic E-state index is 0.552. The molecule has 2 N–H and O–H groups in total. The topological polar surface area (TPSA) is 32.5 Å². The maximum absolute atomic E-state index is 6.41. The summed E-state index contributed by atoms with van der Waals surface area (Å²) in [5.74, 6) is 0. The number of piperidine rings is 1. The monoisotopic (exact) mass is 279 g/mol. The van der Waals surface area contributed by atoms with Gasteiger partial charge in [-0.15, -0.1) is 0 Å². The zero-order chi connectivity index (χ0) is 13.2. The van der Waals surface area contributed by atoms with Crippen molar-refractivity contribution in [1.82, 2.24) is 4.90 Å². The predicted molar refractivity (Wildman–Crippen MR) is 80.8 cm³/mol. The van der Waals surface area contributed by atoms with Gasteiger partial charge in [0.25, 0.3) is 0 Å². The van der Waals surface area contributed by atoms with E-state index in [1.165, 1.54) is 38.0 Å². The van der Waals surface area contributed by atoms with Crippen molar-refractivity contribution < 1.29 is 0 Å². The number of halogens is 1. The van der Waals surface area contributed by atoms with Gasteiger partial charge in [-0.3, -0.25) is 4.90 Å². The molecule has 0 saturated carbocycles. The van der Waals surface area contributed by atoms with Gasteiger partial charge in [0.1, 0.15) is 0 Å². The molecule has 0 radical (unpaired) electrons. The summed E-state index contributed by atoms with van der Waals surface area (Å²) in [7, 11) is 0. The second kappa shape index (κ2) is 5.70. The van der Waals surface area contributed by atoms with E-state index in [9.17, 15) is 0 Å². The van der Waals surface area contributed by atoms with Gasteiger partial charge < -0.3 is 10.6 Å². The average Bonchev–Trinajstić information content (AvgIpc) is 2.46. The van der Waals surface area contributed by atoms with Gasteiger partial charge in [0, 0.05) is 32.2 Å². The van der Waals surface area contributed by atoms with Crippen LogP contribution in [0.15, 0.2) is 18.2 Å². The first-order valence-electron chi connectivity index (χ1n) is 7.25. The first-order chi connectivity index (χ1) is 9.28. The largest absolute Gasteiger partial charge is 0.367 e. The van der Waals surface area contributed by atoms with Crippen LogP contribution in [0.3, 0.4) is 0 Å². The van der Waals surface area contributed by atoms with Gasteiger partial charge in [-0.2, -0.15) is 0 Å². The Morgan fingerprint density at radius 1 is 1.21 bits per heavy atom. The SMILES string of the molecule is NCc1ccc(N2CCN3CCCCC3C2)c(Cl)c1. The summed E-state index contributed by atoms with van der Waals surface area (Å²) in [5.41, 5.74) is 7.93. The minimum atomic E-state index is 0.552. The van der Waals surface area contributed by atoms with Gasteiger partial charge >= 0.3 is 0 Å². The highest BCUT2D eigenvalue weighted by molar-refractivity contribution is 6.33. The first-order valence-corrected chi connectivity index (χ1v) is 7.63. The summed E-state index contributed by atoms with van der Waals surface area (Å²) in [5, 5.41) is 0.840. The van der Waals surface area contributed by atoms with Crippen molar-refractivity contribution in [2.45, 2.75) is 31.8 Å². The number of piperazine rings is 1. The van der Waals surface area contributed by atoms with E-state index in [0.29, 0.717) is 12.6 Å². The van der Waals surface area contributed by atoms with E-state index in [2.05, 4.69) is 21.9 Å².